The quantitative estimate of drug-likeness (QED) is 0.658. The van der Waals surface area contributed by atoms with Gasteiger partial charge in [-0.25, -0.2) is 4.98 Å². The van der Waals surface area contributed by atoms with Crippen molar-refractivity contribution in [2.24, 2.45) is 7.05 Å². The first kappa shape index (κ1) is 9.45. The van der Waals surface area contributed by atoms with Crippen molar-refractivity contribution in [1.82, 2.24) is 9.55 Å². The van der Waals surface area contributed by atoms with Crippen LogP contribution in [0.2, 0.25) is 0 Å². The molecule has 0 aliphatic rings. The van der Waals surface area contributed by atoms with Crippen molar-refractivity contribution in [3.05, 3.63) is 36.2 Å². The third-order valence-electron chi connectivity index (χ3n) is 2.19. The highest BCUT2D eigenvalue weighted by Crippen LogP contribution is 2.14. The smallest absolute Gasteiger partial charge is 0.133 e. The minimum absolute atomic E-state index is 0.598. The number of rotatable bonds is 2. The van der Waals surface area contributed by atoms with Crippen molar-refractivity contribution in [2.75, 3.05) is 0 Å². The number of aromatic nitrogens is 2. The Morgan fingerprint density at radius 1 is 1.47 bits per heavy atom. The standard InChI is InChI=1S/C11H10N2O2/c1-13-9-5-3-2-4-8(9)12-10(13)6-7-11(14)15/h2-7H,1H3,(H,14,15)/p-1/b7-6+. The van der Waals surface area contributed by atoms with Gasteiger partial charge in [-0.15, -0.1) is 0 Å². The summed E-state index contributed by atoms with van der Waals surface area (Å²) in [6.07, 6.45) is 2.40. The zero-order valence-electron chi connectivity index (χ0n) is 8.18. The molecule has 0 atom stereocenters. The normalized spacial score (nSPS) is 11.3. The molecule has 0 unspecified atom stereocenters. The summed E-state index contributed by atoms with van der Waals surface area (Å²) in [5.74, 6) is -0.623. The van der Waals surface area contributed by atoms with Gasteiger partial charge >= 0.3 is 0 Å². The van der Waals surface area contributed by atoms with Gasteiger partial charge in [-0.2, -0.15) is 0 Å². The van der Waals surface area contributed by atoms with Crippen LogP contribution in [0.3, 0.4) is 0 Å². The lowest BCUT2D eigenvalue weighted by molar-refractivity contribution is -0.297. The number of carbonyl (C=O) groups is 1. The molecule has 0 saturated carbocycles. The van der Waals surface area contributed by atoms with Crippen LogP contribution in [-0.4, -0.2) is 15.5 Å². The Labute approximate surface area is 86.5 Å². The number of benzene rings is 1. The number of carbonyl (C=O) groups excluding carboxylic acids is 1. The Morgan fingerprint density at radius 2 is 2.20 bits per heavy atom. The van der Waals surface area contributed by atoms with E-state index in [4.69, 9.17) is 0 Å². The molecule has 2 aromatic rings. The third kappa shape index (κ3) is 1.74. The summed E-state index contributed by atoms with van der Waals surface area (Å²) in [4.78, 5) is 14.5. The van der Waals surface area contributed by atoms with Crippen LogP contribution in [0, 0.1) is 0 Å². The molecule has 1 aromatic heterocycles. The predicted molar refractivity (Wildman–Crippen MR) is 54.8 cm³/mol. The number of carboxylic acid groups (broad SMARTS) is 1. The Morgan fingerprint density at radius 3 is 2.87 bits per heavy atom. The second kappa shape index (κ2) is 3.57. The number of aryl methyl sites for hydroxylation is 1. The first-order valence-corrected chi connectivity index (χ1v) is 4.49. The van der Waals surface area contributed by atoms with E-state index in [1.54, 1.807) is 0 Å². The van der Waals surface area contributed by atoms with Crippen LogP contribution in [0.25, 0.3) is 17.1 Å². The molecule has 0 aliphatic carbocycles. The van der Waals surface area contributed by atoms with Gasteiger partial charge in [0.05, 0.1) is 17.0 Å². The molecule has 4 heteroatoms. The summed E-state index contributed by atoms with van der Waals surface area (Å²) < 4.78 is 1.83. The highest BCUT2D eigenvalue weighted by atomic mass is 16.4. The maximum atomic E-state index is 10.3. The van der Waals surface area contributed by atoms with Gasteiger partial charge in [0.25, 0.3) is 0 Å². The summed E-state index contributed by atoms with van der Waals surface area (Å²) in [5, 5.41) is 10.3. The average molecular weight is 201 g/mol. The Hall–Kier alpha value is -2.10. The number of carboxylic acids is 1. The van der Waals surface area contributed by atoms with Crippen LogP contribution >= 0.6 is 0 Å². The van der Waals surface area contributed by atoms with Crippen molar-refractivity contribution in [3.8, 4) is 0 Å². The van der Waals surface area contributed by atoms with E-state index in [1.807, 2.05) is 35.9 Å². The van der Waals surface area contributed by atoms with Gasteiger partial charge in [-0.3, -0.25) is 0 Å². The van der Waals surface area contributed by atoms with Crippen molar-refractivity contribution in [1.29, 1.82) is 0 Å². The van der Waals surface area contributed by atoms with Gasteiger partial charge in [-0.1, -0.05) is 12.1 Å². The fourth-order valence-corrected chi connectivity index (χ4v) is 1.46. The number of para-hydroxylation sites is 2. The molecule has 1 heterocycles. The number of fused-ring (bicyclic) bond motifs is 1. The average Bonchev–Trinajstić information content (AvgIpc) is 2.54. The van der Waals surface area contributed by atoms with Gasteiger partial charge in [0.1, 0.15) is 5.82 Å². The van der Waals surface area contributed by atoms with Crippen LogP contribution in [0.15, 0.2) is 30.3 Å². The minimum Gasteiger partial charge on any atom is -0.545 e. The lowest BCUT2D eigenvalue weighted by Crippen LogP contribution is -2.18. The summed E-state index contributed by atoms with van der Waals surface area (Å²) >= 11 is 0. The molecule has 0 N–H and O–H groups in total. The van der Waals surface area contributed by atoms with Gasteiger partial charge in [0.15, 0.2) is 0 Å². The Bertz CT molecular complexity index is 541. The van der Waals surface area contributed by atoms with E-state index >= 15 is 0 Å². The lowest BCUT2D eigenvalue weighted by atomic mass is 10.3. The molecule has 0 fully saturated rings. The number of nitrogens with zero attached hydrogens (tertiary/aromatic N) is 2. The number of hydrogen-bond acceptors (Lipinski definition) is 3. The fourth-order valence-electron chi connectivity index (χ4n) is 1.46. The predicted octanol–water partition coefficient (Wildman–Crippen LogP) is 0.336. The van der Waals surface area contributed by atoms with E-state index < -0.39 is 5.97 Å². The number of aliphatic carboxylic acids is 1. The van der Waals surface area contributed by atoms with Crippen LogP contribution in [0.4, 0.5) is 0 Å². The first-order chi connectivity index (χ1) is 7.18. The maximum Gasteiger partial charge on any atom is 0.133 e. The summed E-state index contributed by atoms with van der Waals surface area (Å²) in [5.41, 5.74) is 1.81. The Balaban J connectivity index is 2.53. The molecule has 1 aromatic carbocycles. The van der Waals surface area contributed by atoms with Crippen LogP contribution in [0.5, 0.6) is 0 Å². The second-order valence-corrected chi connectivity index (χ2v) is 3.17. The highest BCUT2D eigenvalue weighted by molar-refractivity contribution is 5.84. The largest absolute Gasteiger partial charge is 0.545 e. The third-order valence-corrected chi connectivity index (χ3v) is 2.19. The second-order valence-electron chi connectivity index (χ2n) is 3.17. The monoisotopic (exact) mass is 201 g/mol. The zero-order valence-corrected chi connectivity index (χ0v) is 8.18. The molecule has 0 radical (unpaired) electrons. The van der Waals surface area contributed by atoms with E-state index in [0.717, 1.165) is 17.1 Å². The molecule has 0 aliphatic heterocycles. The Kier molecular flexibility index (Phi) is 2.25. The van der Waals surface area contributed by atoms with Crippen LogP contribution in [0.1, 0.15) is 5.82 Å². The van der Waals surface area contributed by atoms with E-state index in [9.17, 15) is 9.90 Å². The molecule has 0 bridgehead atoms. The first-order valence-electron chi connectivity index (χ1n) is 4.49. The van der Waals surface area contributed by atoms with Gasteiger partial charge in [0.2, 0.25) is 0 Å². The van der Waals surface area contributed by atoms with Crippen molar-refractivity contribution >= 4 is 23.1 Å². The molecular formula is C11H9N2O2-. The summed E-state index contributed by atoms with van der Waals surface area (Å²) in [6.45, 7) is 0. The van der Waals surface area contributed by atoms with Gasteiger partial charge in [0, 0.05) is 7.05 Å². The molecule has 4 nitrogen and oxygen atoms in total. The molecule has 0 spiro atoms. The van der Waals surface area contributed by atoms with E-state index in [-0.39, 0.29) is 0 Å². The molecule has 0 saturated heterocycles. The molecule has 0 amide bonds. The zero-order chi connectivity index (χ0) is 10.8. The van der Waals surface area contributed by atoms with Crippen molar-refractivity contribution in [3.63, 3.8) is 0 Å². The van der Waals surface area contributed by atoms with Gasteiger partial charge < -0.3 is 14.5 Å². The van der Waals surface area contributed by atoms with E-state index in [0.29, 0.717) is 5.82 Å². The van der Waals surface area contributed by atoms with Crippen LogP contribution in [-0.2, 0) is 11.8 Å². The molecule has 15 heavy (non-hydrogen) atoms. The number of hydrogen-bond donors (Lipinski definition) is 0. The van der Waals surface area contributed by atoms with Crippen molar-refractivity contribution in [2.45, 2.75) is 0 Å². The molecular weight excluding hydrogens is 192 g/mol. The van der Waals surface area contributed by atoms with Crippen LogP contribution < -0.4 is 5.11 Å². The van der Waals surface area contributed by atoms with E-state index in [2.05, 4.69) is 4.98 Å². The summed E-state index contributed by atoms with van der Waals surface area (Å²) in [7, 11) is 1.84. The molecule has 2 rings (SSSR count). The molecule has 76 valence electrons. The minimum atomic E-state index is -1.22. The highest BCUT2D eigenvalue weighted by Gasteiger charge is 2.02. The topological polar surface area (TPSA) is 58.0 Å². The maximum absolute atomic E-state index is 10.3. The van der Waals surface area contributed by atoms with E-state index in [1.165, 1.54) is 6.08 Å². The van der Waals surface area contributed by atoms with Gasteiger partial charge in [-0.05, 0) is 24.3 Å². The number of imidazole rings is 1. The SMILES string of the molecule is Cn1c(/C=C/C(=O)[O-])nc2ccccc21. The fraction of sp³-hybridized carbons (Fsp3) is 0.0909. The summed E-state index contributed by atoms with van der Waals surface area (Å²) in [6, 6.07) is 7.61. The van der Waals surface area contributed by atoms with Crippen molar-refractivity contribution < 1.29 is 9.90 Å². The lowest BCUT2D eigenvalue weighted by Gasteiger charge is -1.96.